The molecule has 2 N–H and O–H groups in total. The van der Waals surface area contributed by atoms with E-state index < -0.39 is 0 Å². The summed E-state index contributed by atoms with van der Waals surface area (Å²) >= 11 is 0. The van der Waals surface area contributed by atoms with Gasteiger partial charge in [-0.2, -0.15) is 15.0 Å². The van der Waals surface area contributed by atoms with Crippen LogP contribution in [-0.4, -0.2) is 21.0 Å². The van der Waals surface area contributed by atoms with E-state index in [-0.39, 0.29) is 0 Å². The molecule has 0 saturated heterocycles. The van der Waals surface area contributed by atoms with Gasteiger partial charge >= 0.3 is 0 Å². The van der Waals surface area contributed by atoms with Crippen molar-refractivity contribution in [2.45, 2.75) is 79.2 Å². The standard InChI is InChI=1S/C21H33N5/c1-6-10-14-18(9-4)24-20-22-15(5)23-21(26-20)25-19-16(7-2)12-11-13-17(19)8-3/h11-13,18H,6-10,14H2,1-5H3,(H2,22,23,24,25,26). The second-order valence-electron chi connectivity index (χ2n) is 6.70. The highest BCUT2D eigenvalue weighted by atomic mass is 15.2. The monoisotopic (exact) mass is 355 g/mol. The molecule has 0 aliphatic rings. The Morgan fingerprint density at radius 3 is 2.15 bits per heavy atom. The zero-order valence-corrected chi connectivity index (χ0v) is 16.9. The number of anilines is 3. The number of hydrogen-bond donors (Lipinski definition) is 2. The molecule has 5 heteroatoms. The Morgan fingerprint density at radius 2 is 1.58 bits per heavy atom. The van der Waals surface area contributed by atoms with Crippen molar-refractivity contribution in [1.29, 1.82) is 0 Å². The van der Waals surface area contributed by atoms with Gasteiger partial charge in [-0.1, -0.05) is 58.7 Å². The van der Waals surface area contributed by atoms with E-state index in [1.807, 2.05) is 6.92 Å². The van der Waals surface area contributed by atoms with Crippen molar-refractivity contribution < 1.29 is 0 Å². The van der Waals surface area contributed by atoms with Gasteiger partial charge in [0, 0.05) is 11.7 Å². The Kier molecular flexibility index (Phi) is 7.82. The van der Waals surface area contributed by atoms with Crippen LogP contribution in [0.5, 0.6) is 0 Å². The average molecular weight is 356 g/mol. The number of hydrogen-bond acceptors (Lipinski definition) is 5. The smallest absolute Gasteiger partial charge is 0.232 e. The first-order valence-electron chi connectivity index (χ1n) is 9.98. The molecule has 0 bridgehead atoms. The van der Waals surface area contributed by atoms with Gasteiger partial charge in [-0.25, -0.2) is 0 Å². The summed E-state index contributed by atoms with van der Waals surface area (Å²) in [6, 6.07) is 6.84. The Bertz CT molecular complexity index is 677. The summed E-state index contributed by atoms with van der Waals surface area (Å²) in [5.41, 5.74) is 3.70. The Balaban J connectivity index is 2.25. The van der Waals surface area contributed by atoms with Gasteiger partial charge in [0.25, 0.3) is 0 Å². The summed E-state index contributed by atoms with van der Waals surface area (Å²) in [7, 11) is 0. The van der Waals surface area contributed by atoms with E-state index in [0.29, 0.717) is 17.9 Å². The Morgan fingerprint density at radius 1 is 0.923 bits per heavy atom. The van der Waals surface area contributed by atoms with Gasteiger partial charge < -0.3 is 10.6 Å². The van der Waals surface area contributed by atoms with Crippen molar-refractivity contribution in [3.63, 3.8) is 0 Å². The summed E-state index contributed by atoms with van der Waals surface area (Å²) < 4.78 is 0. The van der Waals surface area contributed by atoms with E-state index in [4.69, 9.17) is 0 Å². The molecule has 0 amide bonds. The van der Waals surface area contributed by atoms with Crippen LogP contribution in [0.2, 0.25) is 0 Å². The fraction of sp³-hybridized carbons (Fsp3) is 0.571. The number of benzene rings is 1. The third-order valence-electron chi connectivity index (χ3n) is 4.72. The van der Waals surface area contributed by atoms with E-state index >= 15 is 0 Å². The van der Waals surface area contributed by atoms with Crippen LogP contribution in [0.3, 0.4) is 0 Å². The van der Waals surface area contributed by atoms with Crippen LogP contribution >= 0.6 is 0 Å². The Hall–Kier alpha value is -2.17. The van der Waals surface area contributed by atoms with Gasteiger partial charge in [0.2, 0.25) is 11.9 Å². The van der Waals surface area contributed by atoms with Crippen molar-refractivity contribution >= 4 is 17.6 Å². The maximum atomic E-state index is 4.63. The van der Waals surface area contributed by atoms with Crippen molar-refractivity contribution in [3.05, 3.63) is 35.2 Å². The van der Waals surface area contributed by atoms with E-state index in [1.54, 1.807) is 0 Å². The number of aryl methyl sites for hydroxylation is 3. The molecule has 26 heavy (non-hydrogen) atoms. The van der Waals surface area contributed by atoms with Crippen LogP contribution in [0.25, 0.3) is 0 Å². The molecule has 0 aliphatic carbocycles. The average Bonchev–Trinajstić information content (AvgIpc) is 2.64. The molecule has 1 atom stereocenters. The van der Waals surface area contributed by atoms with Gasteiger partial charge in [0.15, 0.2) is 0 Å². The molecule has 0 aliphatic heterocycles. The molecular weight excluding hydrogens is 322 g/mol. The van der Waals surface area contributed by atoms with Crippen molar-refractivity contribution in [3.8, 4) is 0 Å². The van der Waals surface area contributed by atoms with E-state index in [2.05, 4.69) is 71.5 Å². The first-order valence-corrected chi connectivity index (χ1v) is 9.98. The number of aromatic nitrogens is 3. The van der Waals surface area contributed by atoms with Gasteiger partial charge in [-0.3, -0.25) is 0 Å². The third kappa shape index (κ3) is 5.41. The fourth-order valence-electron chi connectivity index (χ4n) is 3.13. The maximum Gasteiger partial charge on any atom is 0.232 e. The molecule has 2 rings (SSSR count). The summed E-state index contributed by atoms with van der Waals surface area (Å²) in [5.74, 6) is 2.00. The zero-order valence-electron chi connectivity index (χ0n) is 16.9. The van der Waals surface area contributed by atoms with E-state index in [0.717, 1.165) is 37.2 Å². The molecule has 0 radical (unpaired) electrons. The minimum Gasteiger partial charge on any atom is -0.351 e. The van der Waals surface area contributed by atoms with Crippen molar-refractivity contribution in [1.82, 2.24) is 15.0 Å². The zero-order chi connectivity index (χ0) is 18.9. The second kappa shape index (κ2) is 10.1. The summed E-state index contributed by atoms with van der Waals surface area (Å²) in [6.45, 7) is 10.7. The van der Waals surface area contributed by atoms with Crippen LogP contribution in [0.1, 0.15) is 70.3 Å². The molecule has 142 valence electrons. The topological polar surface area (TPSA) is 62.7 Å². The highest BCUT2D eigenvalue weighted by Crippen LogP contribution is 2.25. The highest BCUT2D eigenvalue weighted by molar-refractivity contribution is 5.64. The molecule has 2 aromatic rings. The second-order valence-corrected chi connectivity index (χ2v) is 6.70. The lowest BCUT2D eigenvalue weighted by Gasteiger charge is -2.18. The molecule has 0 fully saturated rings. The van der Waals surface area contributed by atoms with E-state index in [1.165, 1.54) is 24.0 Å². The molecule has 0 spiro atoms. The first-order chi connectivity index (χ1) is 12.6. The quantitative estimate of drug-likeness (QED) is 0.595. The number of nitrogens with one attached hydrogen (secondary N) is 2. The lowest BCUT2D eigenvalue weighted by atomic mass is 10.0. The molecule has 0 saturated carbocycles. The van der Waals surface area contributed by atoms with Crippen LogP contribution in [-0.2, 0) is 12.8 Å². The maximum absolute atomic E-state index is 4.63. The minimum atomic E-state index is 0.402. The van der Waals surface area contributed by atoms with Crippen LogP contribution in [0.4, 0.5) is 17.6 Å². The predicted octanol–water partition coefficient (Wildman–Crippen LogP) is 5.43. The summed E-state index contributed by atoms with van der Waals surface area (Å²) in [5, 5.41) is 6.94. The lowest BCUT2D eigenvalue weighted by Crippen LogP contribution is -2.21. The summed E-state index contributed by atoms with van der Waals surface area (Å²) in [6.07, 6.45) is 6.56. The molecule has 1 unspecified atom stereocenters. The predicted molar refractivity (Wildman–Crippen MR) is 110 cm³/mol. The molecular formula is C21H33N5. The SMILES string of the molecule is CCCCC(CC)Nc1nc(C)nc(Nc2c(CC)cccc2CC)n1. The number of rotatable bonds is 10. The van der Waals surface area contributed by atoms with Crippen molar-refractivity contribution in [2.75, 3.05) is 10.6 Å². The molecule has 5 nitrogen and oxygen atoms in total. The summed E-state index contributed by atoms with van der Waals surface area (Å²) in [4.78, 5) is 13.6. The van der Waals surface area contributed by atoms with Crippen LogP contribution in [0, 0.1) is 6.92 Å². The molecule has 1 heterocycles. The first kappa shape index (κ1) is 20.1. The fourth-order valence-corrected chi connectivity index (χ4v) is 3.13. The van der Waals surface area contributed by atoms with Gasteiger partial charge in [-0.05, 0) is 43.7 Å². The minimum absolute atomic E-state index is 0.402. The van der Waals surface area contributed by atoms with Crippen LogP contribution in [0.15, 0.2) is 18.2 Å². The largest absolute Gasteiger partial charge is 0.351 e. The normalized spacial score (nSPS) is 12.0. The van der Waals surface area contributed by atoms with E-state index in [9.17, 15) is 0 Å². The highest BCUT2D eigenvalue weighted by Gasteiger charge is 2.12. The van der Waals surface area contributed by atoms with Crippen molar-refractivity contribution in [2.24, 2.45) is 0 Å². The van der Waals surface area contributed by atoms with Crippen LogP contribution < -0.4 is 10.6 Å². The Labute approximate surface area is 158 Å². The van der Waals surface area contributed by atoms with Gasteiger partial charge in [0.05, 0.1) is 0 Å². The van der Waals surface area contributed by atoms with Gasteiger partial charge in [-0.15, -0.1) is 0 Å². The number of nitrogens with zero attached hydrogens (tertiary/aromatic N) is 3. The van der Waals surface area contributed by atoms with Gasteiger partial charge in [0.1, 0.15) is 5.82 Å². The third-order valence-corrected chi connectivity index (χ3v) is 4.72. The number of para-hydroxylation sites is 1. The molecule has 1 aromatic heterocycles. The number of unbranched alkanes of at least 4 members (excludes halogenated alkanes) is 1. The molecule has 1 aromatic carbocycles. The lowest BCUT2D eigenvalue weighted by molar-refractivity contribution is 0.589.